The highest BCUT2D eigenvalue weighted by Gasteiger charge is 2.11. The lowest BCUT2D eigenvalue weighted by atomic mass is 9.93. The number of hydrogen-bond acceptors (Lipinski definition) is 3. The molecule has 0 aliphatic carbocycles. The van der Waals surface area contributed by atoms with Gasteiger partial charge in [0, 0.05) is 11.4 Å². The molecular weight excluding hydrogens is 216 g/mol. The Bertz CT molecular complexity index is 383. The molecule has 0 fully saturated rings. The van der Waals surface area contributed by atoms with Crippen molar-refractivity contribution >= 4 is 17.5 Å². The fraction of sp³-hybridized carbons (Fsp3) is 0.462. The molecule has 0 saturated carbocycles. The van der Waals surface area contributed by atoms with E-state index in [1.54, 1.807) is 24.3 Å². The summed E-state index contributed by atoms with van der Waals surface area (Å²) in [7, 11) is 0. The van der Waals surface area contributed by atoms with E-state index in [-0.39, 0.29) is 5.41 Å². The van der Waals surface area contributed by atoms with Crippen LogP contribution in [-0.4, -0.2) is 12.7 Å². The van der Waals surface area contributed by atoms with Crippen molar-refractivity contribution in [2.24, 2.45) is 5.41 Å². The number of benzene rings is 1. The van der Waals surface area contributed by atoms with Crippen molar-refractivity contribution in [3.63, 3.8) is 0 Å². The quantitative estimate of drug-likeness (QED) is 0.792. The Kier molecular flexibility index (Phi) is 4.37. The molecule has 0 radical (unpaired) electrons. The zero-order chi connectivity index (χ0) is 12.9. The summed E-state index contributed by atoms with van der Waals surface area (Å²) in [6.45, 7) is 6.72. The fourth-order valence-electron chi connectivity index (χ4n) is 1.22. The molecule has 1 aromatic carbocycles. The van der Waals surface area contributed by atoms with E-state index >= 15 is 0 Å². The second-order valence-electron chi connectivity index (χ2n) is 5.20. The molecule has 4 nitrogen and oxygen atoms in total. The van der Waals surface area contributed by atoms with Crippen molar-refractivity contribution in [1.82, 2.24) is 0 Å². The van der Waals surface area contributed by atoms with Crippen LogP contribution in [0.2, 0.25) is 0 Å². The van der Waals surface area contributed by atoms with Gasteiger partial charge in [0.05, 0.1) is 6.61 Å². The molecule has 0 spiro atoms. The number of ether oxygens (including phenoxy) is 1. The van der Waals surface area contributed by atoms with Gasteiger partial charge in [-0.05, 0) is 30.0 Å². The number of anilines is 2. The summed E-state index contributed by atoms with van der Waals surface area (Å²) in [5.74, 6) is 0. The summed E-state index contributed by atoms with van der Waals surface area (Å²) in [5, 5.41) is 2.63. The number of nitrogen functional groups attached to an aromatic ring is 1. The Morgan fingerprint density at radius 3 is 2.71 bits per heavy atom. The van der Waals surface area contributed by atoms with Gasteiger partial charge in [-0.15, -0.1) is 0 Å². The lowest BCUT2D eigenvalue weighted by Crippen LogP contribution is -2.17. The van der Waals surface area contributed by atoms with Gasteiger partial charge in [0.25, 0.3) is 0 Å². The van der Waals surface area contributed by atoms with Crippen molar-refractivity contribution in [3.8, 4) is 0 Å². The maximum atomic E-state index is 11.4. The van der Waals surface area contributed by atoms with Crippen LogP contribution in [0.4, 0.5) is 16.2 Å². The highest BCUT2D eigenvalue weighted by Crippen LogP contribution is 2.18. The zero-order valence-corrected chi connectivity index (χ0v) is 10.6. The number of carbonyl (C=O) groups excluding carboxylic acids is 1. The smallest absolute Gasteiger partial charge is 0.411 e. The van der Waals surface area contributed by atoms with Gasteiger partial charge in [-0.3, -0.25) is 5.32 Å². The van der Waals surface area contributed by atoms with Crippen molar-refractivity contribution < 1.29 is 9.53 Å². The molecule has 0 heterocycles. The number of rotatable bonds is 3. The van der Waals surface area contributed by atoms with Crippen LogP contribution < -0.4 is 11.1 Å². The van der Waals surface area contributed by atoms with E-state index in [0.717, 1.165) is 6.42 Å². The van der Waals surface area contributed by atoms with Gasteiger partial charge in [0.1, 0.15) is 0 Å². The van der Waals surface area contributed by atoms with E-state index < -0.39 is 6.09 Å². The fourth-order valence-corrected chi connectivity index (χ4v) is 1.22. The monoisotopic (exact) mass is 236 g/mol. The van der Waals surface area contributed by atoms with E-state index in [1.807, 2.05) is 0 Å². The summed E-state index contributed by atoms with van der Waals surface area (Å²) in [6.07, 6.45) is 0.386. The molecule has 1 aromatic rings. The minimum atomic E-state index is -0.445. The largest absolute Gasteiger partial charge is 0.449 e. The lowest BCUT2D eigenvalue weighted by molar-refractivity contribution is 0.145. The van der Waals surface area contributed by atoms with Crippen LogP contribution in [0.3, 0.4) is 0 Å². The predicted octanol–water partition coefficient (Wildman–Crippen LogP) is 3.25. The van der Waals surface area contributed by atoms with E-state index in [2.05, 4.69) is 26.1 Å². The van der Waals surface area contributed by atoms with Crippen molar-refractivity contribution in [3.05, 3.63) is 24.3 Å². The number of nitrogens with one attached hydrogen (secondary N) is 1. The van der Waals surface area contributed by atoms with Gasteiger partial charge >= 0.3 is 6.09 Å². The predicted molar refractivity (Wildman–Crippen MR) is 69.9 cm³/mol. The molecule has 0 saturated heterocycles. The van der Waals surface area contributed by atoms with Crippen LogP contribution in [0, 0.1) is 5.41 Å². The van der Waals surface area contributed by atoms with Crippen LogP contribution in [0.1, 0.15) is 27.2 Å². The van der Waals surface area contributed by atoms with Crippen LogP contribution in [-0.2, 0) is 4.74 Å². The number of carbonyl (C=O) groups is 1. The van der Waals surface area contributed by atoms with Crippen LogP contribution >= 0.6 is 0 Å². The lowest BCUT2D eigenvalue weighted by Gasteiger charge is -2.17. The number of hydrogen-bond donors (Lipinski definition) is 2. The number of amides is 1. The molecule has 0 aromatic heterocycles. The average molecular weight is 236 g/mol. The first-order valence-corrected chi connectivity index (χ1v) is 5.66. The molecule has 94 valence electrons. The minimum Gasteiger partial charge on any atom is -0.449 e. The Labute approximate surface area is 102 Å². The standard InChI is InChI=1S/C13H20N2O2/c1-13(2,3)7-8-17-12(16)15-11-6-4-5-10(14)9-11/h4-6,9H,7-8,14H2,1-3H3,(H,15,16). The summed E-state index contributed by atoms with van der Waals surface area (Å²) in [6, 6.07) is 6.99. The molecule has 1 amide bonds. The van der Waals surface area contributed by atoms with Gasteiger partial charge < -0.3 is 10.5 Å². The topological polar surface area (TPSA) is 64.3 Å². The highest BCUT2D eigenvalue weighted by molar-refractivity contribution is 5.85. The molecule has 1 rings (SSSR count). The van der Waals surface area contributed by atoms with Crippen molar-refractivity contribution in [2.45, 2.75) is 27.2 Å². The van der Waals surface area contributed by atoms with E-state index in [0.29, 0.717) is 18.0 Å². The van der Waals surface area contributed by atoms with Gasteiger partial charge in [0.2, 0.25) is 0 Å². The first kappa shape index (κ1) is 13.4. The third-order valence-electron chi connectivity index (χ3n) is 2.22. The van der Waals surface area contributed by atoms with E-state index in [9.17, 15) is 4.79 Å². The second kappa shape index (κ2) is 5.57. The third kappa shape index (κ3) is 5.80. The Balaban J connectivity index is 2.35. The van der Waals surface area contributed by atoms with Crippen LogP contribution in [0.15, 0.2) is 24.3 Å². The molecular formula is C13H20N2O2. The Morgan fingerprint density at radius 2 is 2.12 bits per heavy atom. The highest BCUT2D eigenvalue weighted by atomic mass is 16.5. The molecule has 0 atom stereocenters. The Hall–Kier alpha value is -1.71. The summed E-state index contributed by atoms with van der Waals surface area (Å²) >= 11 is 0. The number of nitrogens with two attached hydrogens (primary N) is 1. The normalized spacial score (nSPS) is 11.0. The molecule has 17 heavy (non-hydrogen) atoms. The average Bonchev–Trinajstić information content (AvgIpc) is 2.15. The molecule has 4 heteroatoms. The summed E-state index contributed by atoms with van der Waals surface area (Å²) < 4.78 is 5.07. The van der Waals surface area contributed by atoms with E-state index in [1.165, 1.54) is 0 Å². The third-order valence-corrected chi connectivity index (χ3v) is 2.22. The first-order chi connectivity index (χ1) is 7.87. The van der Waals surface area contributed by atoms with Gasteiger partial charge in [-0.25, -0.2) is 4.79 Å². The SMILES string of the molecule is CC(C)(C)CCOC(=O)Nc1cccc(N)c1. The van der Waals surface area contributed by atoms with Crippen molar-refractivity contribution in [2.75, 3.05) is 17.7 Å². The van der Waals surface area contributed by atoms with Gasteiger partial charge in [-0.1, -0.05) is 26.8 Å². The summed E-state index contributed by atoms with van der Waals surface area (Å²) in [4.78, 5) is 11.4. The summed E-state index contributed by atoms with van der Waals surface area (Å²) in [5.41, 5.74) is 7.02. The maximum absolute atomic E-state index is 11.4. The molecule has 0 aliphatic heterocycles. The second-order valence-corrected chi connectivity index (χ2v) is 5.20. The molecule has 3 N–H and O–H groups in total. The molecule has 0 bridgehead atoms. The maximum Gasteiger partial charge on any atom is 0.411 e. The molecule has 0 aliphatic rings. The minimum absolute atomic E-state index is 0.164. The van der Waals surface area contributed by atoms with Gasteiger partial charge in [-0.2, -0.15) is 0 Å². The Morgan fingerprint density at radius 1 is 1.41 bits per heavy atom. The van der Waals surface area contributed by atoms with Crippen LogP contribution in [0.5, 0.6) is 0 Å². The zero-order valence-electron chi connectivity index (χ0n) is 10.6. The van der Waals surface area contributed by atoms with Crippen LogP contribution in [0.25, 0.3) is 0 Å². The van der Waals surface area contributed by atoms with Crippen molar-refractivity contribution in [1.29, 1.82) is 0 Å². The molecule has 0 unspecified atom stereocenters. The first-order valence-electron chi connectivity index (χ1n) is 5.66. The van der Waals surface area contributed by atoms with Gasteiger partial charge in [0.15, 0.2) is 0 Å². The van der Waals surface area contributed by atoms with E-state index in [4.69, 9.17) is 10.5 Å².